The van der Waals surface area contributed by atoms with Crippen LogP contribution in [0.25, 0.3) is 5.57 Å². The SMILES string of the molecule is CCOC(=O)C(=C(Cl)C(=O)NCl)c1ccccc1. The van der Waals surface area contributed by atoms with Gasteiger partial charge in [-0.05, 0) is 12.5 Å². The minimum absolute atomic E-state index is 0.0164. The number of carbonyl (C=O) groups excluding carboxylic acids is 2. The van der Waals surface area contributed by atoms with Gasteiger partial charge in [-0.3, -0.25) is 9.63 Å². The predicted octanol–water partition coefficient (Wildman–Crippen LogP) is 2.47. The van der Waals surface area contributed by atoms with Crippen molar-refractivity contribution < 1.29 is 14.3 Å². The summed E-state index contributed by atoms with van der Waals surface area (Å²) >= 11 is 11.0. The summed E-state index contributed by atoms with van der Waals surface area (Å²) in [5.41, 5.74) is 0.471. The molecule has 0 saturated heterocycles. The van der Waals surface area contributed by atoms with Gasteiger partial charge >= 0.3 is 5.97 Å². The van der Waals surface area contributed by atoms with E-state index in [1.165, 1.54) is 0 Å². The second-order valence-corrected chi connectivity index (χ2v) is 3.77. The molecule has 4 nitrogen and oxygen atoms in total. The summed E-state index contributed by atoms with van der Waals surface area (Å²) in [5.74, 6) is -1.43. The third-order valence-electron chi connectivity index (χ3n) is 2.05. The van der Waals surface area contributed by atoms with Gasteiger partial charge < -0.3 is 4.74 Å². The topological polar surface area (TPSA) is 55.4 Å². The Balaban J connectivity index is 3.27. The van der Waals surface area contributed by atoms with E-state index in [1.54, 1.807) is 37.3 Å². The molecule has 96 valence electrons. The van der Waals surface area contributed by atoms with Crippen LogP contribution in [0.3, 0.4) is 0 Å². The number of hydrogen-bond donors (Lipinski definition) is 1. The van der Waals surface area contributed by atoms with Crippen LogP contribution in [-0.2, 0) is 14.3 Å². The number of benzene rings is 1. The molecule has 0 bridgehead atoms. The van der Waals surface area contributed by atoms with Crippen molar-refractivity contribution in [3.8, 4) is 0 Å². The highest BCUT2D eigenvalue weighted by atomic mass is 35.5. The first-order chi connectivity index (χ1) is 8.61. The standard InChI is InChI=1S/C12H11Cl2NO3/c1-2-18-12(17)9(10(13)11(16)15-14)8-6-4-3-5-7-8/h3-7H,2H2,1H3,(H,15,16). The van der Waals surface area contributed by atoms with Gasteiger partial charge in [0.2, 0.25) is 0 Å². The van der Waals surface area contributed by atoms with E-state index in [2.05, 4.69) is 0 Å². The fourth-order valence-electron chi connectivity index (χ4n) is 1.30. The zero-order valence-corrected chi connectivity index (χ0v) is 11.1. The van der Waals surface area contributed by atoms with E-state index in [4.69, 9.17) is 28.1 Å². The third-order valence-corrected chi connectivity index (χ3v) is 2.58. The monoisotopic (exact) mass is 287 g/mol. The Morgan fingerprint density at radius 2 is 1.89 bits per heavy atom. The number of amides is 1. The lowest BCUT2D eigenvalue weighted by Gasteiger charge is -2.09. The fourth-order valence-corrected chi connectivity index (χ4v) is 1.67. The molecular formula is C12H11Cl2NO3. The van der Waals surface area contributed by atoms with Crippen molar-refractivity contribution in [1.82, 2.24) is 4.84 Å². The molecule has 0 aliphatic carbocycles. The highest BCUT2D eigenvalue weighted by Gasteiger charge is 2.21. The summed E-state index contributed by atoms with van der Waals surface area (Å²) in [5, 5.41) is -0.311. The average Bonchev–Trinajstić information content (AvgIpc) is 2.39. The van der Waals surface area contributed by atoms with Crippen LogP contribution in [0.1, 0.15) is 12.5 Å². The number of hydrogen-bond acceptors (Lipinski definition) is 3. The Morgan fingerprint density at radius 3 is 2.39 bits per heavy atom. The summed E-state index contributed by atoms with van der Waals surface area (Å²) in [6, 6.07) is 8.52. The van der Waals surface area contributed by atoms with E-state index in [1.807, 2.05) is 4.84 Å². The summed E-state index contributed by atoms with van der Waals surface area (Å²) in [6.45, 7) is 1.85. The zero-order chi connectivity index (χ0) is 13.5. The van der Waals surface area contributed by atoms with Crippen LogP contribution in [0, 0.1) is 0 Å². The molecule has 0 unspecified atom stereocenters. The lowest BCUT2D eigenvalue weighted by atomic mass is 10.1. The molecule has 0 aliphatic rings. The molecule has 0 heterocycles. The molecule has 18 heavy (non-hydrogen) atoms. The number of rotatable bonds is 4. The van der Waals surface area contributed by atoms with Gasteiger partial charge in [-0.15, -0.1) is 0 Å². The highest BCUT2D eigenvalue weighted by molar-refractivity contribution is 6.51. The van der Waals surface area contributed by atoms with Crippen LogP contribution in [-0.4, -0.2) is 18.5 Å². The van der Waals surface area contributed by atoms with Gasteiger partial charge in [0, 0.05) is 11.8 Å². The maximum Gasteiger partial charge on any atom is 0.340 e. The van der Waals surface area contributed by atoms with Gasteiger partial charge in [-0.25, -0.2) is 4.79 Å². The van der Waals surface area contributed by atoms with E-state index in [-0.39, 0.29) is 17.2 Å². The van der Waals surface area contributed by atoms with Crippen molar-refractivity contribution in [1.29, 1.82) is 0 Å². The maximum atomic E-state index is 11.8. The molecule has 1 aromatic rings. The van der Waals surface area contributed by atoms with Gasteiger partial charge in [-0.2, -0.15) is 0 Å². The van der Waals surface area contributed by atoms with Crippen LogP contribution in [0.15, 0.2) is 35.4 Å². The minimum Gasteiger partial charge on any atom is -0.462 e. The van der Waals surface area contributed by atoms with Gasteiger partial charge in [0.15, 0.2) is 0 Å². The van der Waals surface area contributed by atoms with Crippen molar-refractivity contribution in [3.05, 3.63) is 40.9 Å². The van der Waals surface area contributed by atoms with E-state index < -0.39 is 11.9 Å². The first-order valence-corrected chi connectivity index (χ1v) is 5.90. The predicted molar refractivity (Wildman–Crippen MR) is 69.8 cm³/mol. The van der Waals surface area contributed by atoms with Crippen molar-refractivity contribution >= 4 is 40.8 Å². The summed E-state index contributed by atoms with van der Waals surface area (Å²) < 4.78 is 4.87. The minimum atomic E-state index is -0.759. The van der Waals surface area contributed by atoms with Gasteiger partial charge in [0.05, 0.1) is 12.2 Å². The number of carbonyl (C=O) groups is 2. The molecular weight excluding hydrogens is 277 g/mol. The molecule has 0 fully saturated rings. The number of nitrogens with one attached hydrogen (secondary N) is 1. The number of halogens is 2. The largest absolute Gasteiger partial charge is 0.462 e. The molecule has 0 saturated carbocycles. The molecule has 0 aliphatic heterocycles. The van der Waals surface area contributed by atoms with E-state index in [0.717, 1.165) is 0 Å². The Kier molecular flexibility index (Phi) is 5.68. The van der Waals surface area contributed by atoms with Gasteiger partial charge in [0.25, 0.3) is 5.91 Å². The Morgan fingerprint density at radius 1 is 1.28 bits per heavy atom. The molecule has 1 N–H and O–H groups in total. The normalized spacial score (nSPS) is 11.5. The lowest BCUT2D eigenvalue weighted by Crippen LogP contribution is -2.17. The molecule has 0 atom stereocenters. The maximum absolute atomic E-state index is 11.8. The van der Waals surface area contributed by atoms with Crippen LogP contribution < -0.4 is 4.84 Å². The second-order valence-electron chi connectivity index (χ2n) is 3.20. The van der Waals surface area contributed by atoms with Crippen LogP contribution >= 0.6 is 23.4 Å². The fraction of sp³-hybridized carbons (Fsp3) is 0.167. The van der Waals surface area contributed by atoms with Crippen LogP contribution in [0.4, 0.5) is 0 Å². The van der Waals surface area contributed by atoms with E-state index in [9.17, 15) is 9.59 Å². The lowest BCUT2D eigenvalue weighted by molar-refractivity contribution is -0.136. The Hall–Kier alpha value is -1.52. The molecule has 6 heteroatoms. The average molecular weight is 288 g/mol. The second kappa shape index (κ2) is 7.03. The molecule has 1 aromatic carbocycles. The summed E-state index contributed by atoms with van der Waals surface area (Å²) in [7, 11) is 0. The summed E-state index contributed by atoms with van der Waals surface area (Å²) in [4.78, 5) is 25.1. The molecule has 1 amide bonds. The van der Waals surface area contributed by atoms with Crippen molar-refractivity contribution in [2.75, 3.05) is 6.61 Å². The zero-order valence-electron chi connectivity index (χ0n) is 9.57. The van der Waals surface area contributed by atoms with Gasteiger partial charge in [0.1, 0.15) is 5.03 Å². The van der Waals surface area contributed by atoms with Crippen LogP contribution in [0.2, 0.25) is 0 Å². The molecule has 0 aromatic heterocycles. The van der Waals surface area contributed by atoms with Crippen molar-refractivity contribution in [3.63, 3.8) is 0 Å². The first-order valence-electron chi connectivity index (χ1n) is 5.15. The number of esters is 1. The molecule has 0 radical (unpaired) electrons. The van der Waals surface area contributed by atoms with E-state index >= 15 is 0 Å². The smallest absolute Gasteiger partial charge is 0.340 e. The molecule has 0 spiro atoms. The Labute approximate surface area is 115 Å². The van der Waals surface area contributed by atoms with Crippen molar-refractivity contribution in [2.45, 2.75) is 6.92 Å². The third kappa shape index (κ3) is 3.48. The Bertz CT molecular complexity index is 471. The van der Waals surface area contributed by atoms with Crippen molar-refractivity contribution in [2.24, 2.45) is 0 Å². The van der Waals surface area contributed by atoms with Crippen LogP contribution in [0.5, 0.6) is 0 Å². The number of ether oxygens (including phenoxy) is 1. The first kappa shape index (κ1) is 14.5. The quantitative estimate of drug-likeness (QED) is 0.526. The highest BCUT2D eigenvalue weighted by Crippen LogP contribution is 2.23. The summed E-state index contributed by atoms with van der Waals surface area (Å²) in [6.07, 6.45) is 0. The van der Waals surface area contributed by atoms with Gasteiger partial charge in [-0.1, -0.05) is 41.9 Å². The van der Waals surface area contributed by atoms with E-state index in [0.29, 0.717) is 5.56 Å². The molecule has 1 rings (SSSR count).